The molecule has 1 N–H and O–H groups in total. The first-order valence-electron chi connectivity index (χ1n) is 8.27. The average molecular weight is 318 g/mol. The molecule has 0 unspecified atom stereocenters. The zero-order valence-corrected chi connectivity index (χ0v) is 14.9. The molecule has 2 rings (SSSR count). The van der Waals surface area contributed by atoms with Gasteiger partial charge in [-0.25, -0.2) is 0 Å². The van der Waals surface area contributed by atoms with Crippen LogP contribution in [-0.4, -0.2) is 18.0 Å². The molecule has 0 amide bonds. The molecule has 2 nitrogen and oxygen atoms in total. The first-order chi connectivity index (χ1) is 10.8. The normalized spacial score (nSPS) is 17.0. The molecule has 0 bridgehead atoms. The van der Waals surface area contributed by atoms with Crippen LogP contribution >= 0.6 is 0 Å². The smallest absolute Gasteiger partial charge is 0.358 e. The van der Waals surface area contributed by atoms with E-state index < -0.39 is 7.27 Å². The first-order valence-corrected chi connectivity index (χ1v) is 8.27. The number of halogens is 2. The summed E-state index contributed by atoms with van der Waals surface area (Å²) in [6, 6.07) is 0. The zero-order valence-electron chi connectivity index (χ0n) is 14.9. The van der Waals surface area contributed by atoms with Crippen molar-refractivity contribution in [1.29, 1.82) is 0 Å². The van der Waals surface area contributed by atoms with Gasteiger partial charge < -0.3 is 4.98 Å². The van der Waals surface area contributed by atoms with E-state index in [1.165, 1.54) is 11.1 Å². The maximum absolute atomic E-state index is 13.2. The number of aryl methyl sites for hydroxylation is 1. The third-order valence-corrected chi connectivity index (χ3v) is 4.77. The van der Waals surface area contributed by atoms with Crippen molar-refractivity contribution < 1.29 is 8.63 Å². The summed E-state index contributed by atoms with van der Waals surface area (Å²) in [7, 11) is -2.39. The lowest BCUT2D eigenvalue weighted by Crippen LogP contribution is -2.02. The molecule has 1 aliphatic heterocycles. The molecule has 1 aromatic rings. The molecule has 1 aliphatic rings. The van der Waals surface area contributed by atoms with Gasteiger partial charge in [-0.15, -0.1) is 0 Å². The Labute approximate surface area is 138 Å². The van der Waals surface area contributed by atoms with Crippen molar-refractivity contribution >= 4 is 18.6 Å². The number of aromatic amines is 1. The van der Waals surface area contributed by atoms with Crippen LogP contribution in [0.5, 0.6) is 0 Å². The quantitative estimate of drug-likeness (QED) is 0.691. The van der Waals surface area contributed by atoms with Gasteiger partial charge in [-0.05, 0) is 62.8 Å². The van der Waals surface area contributed by atoms with Gasteiger partial charge in [0.25, 0.3) is 0 Å². The molecule has 124 valence electrons. The van der Waals surface area contributed by atoms with Crippen LogP contribution < -0.4 is 0 Å². The summed E-state index contributed by atoms with van der Waals surface area (Å²) in [5.41, 5.74) is 8.68. The molecule has 0 atom stereocenters. The van der Waals surface area contributed by atoms with Gasteiger partial charge in [0.05, 0.1) is 5.70 Å². The van der Waals surface area contributed by atoms with Crippen LogP contribution in [0.25, 0.3) is 5.57 Å². The van der Waals surface area contributed by atoms with E-state index in [-0.39, 0.29) is 6.32 Å². The molecule has 23 heavy (non-hydrogen) atoms. The van der Waals surface area contributed by atoms with E-state index in [1.54, 1.807) is 0 Å². The van der Waals surface area contributed by atoms with Crippen LogP contribution in [0.3, 0.4) is 0 Å². The van der Waals surface area contributed by atoms with E-state index in [4.69, 9.17) is 0 Å². The molecule has 0 radical (unpaired) electrons. The molecule has 0 aliphatic carbocycles. The number of nitrogens with one attached hydrogen (secondary N) is 1. The number of nitrogens with zero attached hydrogens (tertiary/aromatic N) is 1. The molecule has 0 fully saturated rings. The molecule has 5 heteroatoms. The highest BCUT2D eigenvalue weighted by molar-refractivity contribution is 6.45. The van der Waals surface area contributed by atoms with Gasteiger partial charge in [0, 0.05) is 29.0 Å². The summed E-state index contributed by atoms with van der Waals surface area (Å²) in [4.78, 5) is 7.96. The standard InChI is InChI=1S/C18H25BF2N2/c1-7-14-10(3)17(22-12(14)5)16(9-19(20)21)18-11(4)15(8-2)13(6)23-18/h22H,7-9H2,1-6H3. The Hall–Kier alpha value is -1.65. The summed E-state index contributed by atoms with van der Waals surface area (Å²) in [5.74, 6) is 0. The zero-order chi connectivity index (χ0) is 17.3. The third kappa shape index (κ3) is 3.19. The topological polar surface area (TPSA) is 28.1 Å². The van der Waals surface area contributed by atoms with Gasteiger partial charge in [-0.3, -0.25) is 13.6 Å². The van der Waals surface area contributed by atoms with Crippen molar-refractivity contribution in [3.05, 3.63) is 39.4 Å². The summed E-state index contributed by atoms with van der Waals surface area (Å²) < 4.78 is 26.5. The van der Waals surface area contributed by atoms with E-state index in [0.29, 0.717) is 5.57 Å². The van der Waals surface area contributed by atoms with Crippen molar-refractivity contribution in [2.45, 2.75) is 60.7 Å². The molecular formula is C18H25BF2N2. The lowest BCUT2D eigenvalue weighted by molar-refractivity contribution is 0.664. The fraction of sp³-hybridized carbons (Fsp3) is 0.500. The Morgan fingerprint density at radius 3 is 2.17 bits per heavy atom. The van der Waals surface area contributed by atoms with Crippen molar-refractivity contribution in [3.8, 4) is 0 Å². The van der Waals surface area contributed by atoms with Gasteiger partial charge in [-0.2, -0.15) is 0 Å². The Morgan fingerprint density at radius 2 is 1.74 bits per heavy atom. The monoisotopic (exact) mass is 318 g/mol. The molecular weight excluding hydrogens is 293 g/mol. The van der Waals surface area contributed by atoms with E-state index in [9.17, 15) is 8.63 Å². The summed E-state index contributed by atoms with van der Waals surface area (Å²) >= 11 is 0. The first kappa shape index (κ1) is 17.7. The van der Waals surface area contributed by atoms with Crippen LogP contribution in [0.2, 0.25) is 6.32 Å². The van der Waals surface area contributed by atoms with Gasteiger partial charge in [0.1, 0.15) is 0 Å². The molecule has 2 heterocycles. The van der Waals surface area contributed by atoms with Crippen molar-refractivity contribution in [1.82, 2.24) is 4.98 Å². The Balaban J connectivity index is 2.70. The maximum atomic E-state index is 13.2. The second kappa shape index (κ2) is 6.85. The predicted octanol–water partition coefficient (Wildman–Crippen LogP) is 5.53. The SMILES string of the molecule is CCC1=C(C)C(=C(CB(F)F)c2[nH]c(C)c(CC)c2C)N=C1C. The lowest BCUT2D eigenvalue weighted by Gasteiger charge is -2.11. The third-order valence-electron chi connectivity index (χ3n) is 4.77. The molecule has 0 saturated heterocycles. The second-order valence-electron chi connectivity index (χ2n) is 6.16. The Bertz CT molecular complexity index is 709. The fourth-order valence-electron chi connectivity index (χ4n) is 3.64. The van der Waals surface area contributed by atoms with Crippen molar-refractivity contribution in [3.63, 3.8) is 0 Å². The van der Waals surface area contributed by atoms with Crippen LogP contribution in [0.1, 0.15) is 56.6 Å². The highest BCUT2D eigenvalue weighted by Crippen LogP contribution is 2.37. The van der Waals surface area contributed by atoms with E-state index in [0.717, 1.165) is 46.8 Å². The van der Waals surface area contributed by atoms with Crippen LogP contribution in [0.4, 0.5) is 8.63 Å². The molecule has 0 aromatic carbocycles. The highest BCUT2D eigenvalue weighted by atomic mass is 19.2. The van der Waals surface area contributed by atoms with Gasteiger partial charge in [0.2, 0.25) is 0 Å². The van der Waals surface area contributed by atoms with E-state index >= 15 is 0 Å². The minimum absolute atomic E-state index is 0.273. The lowest BCUT2D eigenvalue weighted by atomic mass is 9.82. The van der Waals surface area contributed by atoms with E-state index in [2.05, 4.69) is 23.8 Å². The van der Waals surface area contributed by atoms with Crippen molar-refractivity contribution in [2.24, 2.45) is 4.99 Å². The summed E-state index contributed by atoms with van der Waals surface area (Å²) in [6.45, 7) is 12.1. The Kier molecular flexibility index (Phi) is 5.28. The predicted molar refractivity (Wildman–Crippen MR) is 95.4 cm³/mol. The van der Waals surface area contributed by atoms with Crippen LogP contribution in [0, 0.1) is 13.8 Å². The molecule has 1 aromatic heterocycles. The number of hydrogen-bond acceptors (Lipinski definition) is 1. The van der Waals surface area contributed by atoms with Gasteiger partial charge in [0.15, 0.2) is 0 Å². The average Bonchev–Trinajstić information content (AvgIpc) is 2.92. The maximum Gasteiger partial charge on any atom is 0.542 e. The number of H-pyrrole nitrogens is 1. The summed E-state index contributed by atoms with van der Waals surface area (Å²) in [6.07, 6.45) is 1.49. The minimum Gasteiger partial charge on any atom is -0.358 e. The van der Waals surface area contributed by atoms with E-state index in [1.807, 2.05) is 27.7 Å². The molecule has 0 saturated carbocycles. The number of rotatable bonds is 5. The van der Waals surface area contributed by atoms with Crippen LogP contribution in [-0.2, 0) is 6.42 Å². The second-order valence-corrected chi connectivity index (χ2v) is 6.16. The summed E-state index contributed by atoms with van der Waals surface area (Å²) in [5, 5.41) is 0. The molecule has 0 spiro atoms. The number of hydrogen-bond donors (Lipinski definition) is 1. The minimum atomic E-state index is -2.39. The van der Waals surface area contributed by atoms with Gasteiger partial charge >= 0.3 is 7.27 Å². The number of allylic oxidation sites excluding steroid dienone is 3. The van der Waals surface area contributed by atoms with Crippen LogP contribution in [0.15, 0.2) is 21.8 Å². The fourth-order valence-corrected chi connectivity index (χ4v) is 3.64. The number of aliphatic imine (C=N–C) groups is 1. The van der Waals surface area contributed by atoms with Crippen molar-refractivity contribution in [2.75, 3.05) is 0 Å². The Morgan fingerprint density at radius 1 is 1.09 bits per heavy atom. The number of aromatic nitrogens is 1. The van der Waals surface area contributed by atoms with Gasteiger partial charge in [-0.1, -0.05) is 13.8 Å². The highest BCUT2D eigenvalue weighted by Gasteiger charge is 2.27. The largest absolute Gasteiger partial charge is 0.542 e.